The van der Waals surface area contributed by atoms with Crippen LogP contribution in [-0.2, 0) is 64.0 Å². The molecule has 22 nitrogen and oxygen atoms in total. The molecule has 1 saturated heterocycles. The van der Waals surface area contributed by atoms with Crippen molar-refractivity contribution < 1.29 is 48.6 Å². The molecule has 0 bridgehead atoms. The lowest BCUT2D eigenvalue weighted by atomic mass is 10.00. The first-order valence-corrected chi connectivity index (χ1v) is 29.2. The molecule has 6 aromatic rings. The number of likely N-dealkylation sites (N-methyl/N-ethyl adjacent to an activating group) is 1. The molecule has 81 heavy (non-hydrogen) atoms. The van der Waals surface area contributed by atoms with Crippen molar-refractivity contribution in [3.63, 3.8) is 0 Å². The summed E-state index contributed by atoms with van der Waals surface area (Å²) in [4.78, 5) is 127. The second-order valence-corrected chi connectivity index (χ2v) is 22.8. The molecule has 3 aromatic heterocycles. The lowest BCUT2D eigenvalue weighted by Gasteiger charge is -2.33. The number of para-hydroxylation sites is 2. The number of aliphatic carboxylic acids is 1. The summed E-state index contributed by atoms with van der Waals surface area (Å²) in [6.07, 6.45) is 5.27. The lowest BCUT2D eigenvalue weighted by molar-refractivity contribution is -0.144. The molecule has 1 fully saturated rings. The van der Waals surface area contributed by atoms with Gasteiger partial charge in [-0.05, 0) is 91.7 Å². The van der Waals surface area contributed by atoms with E-state index in [1.165, 1.54) is 26.4 Å². The number of carbonyl (C=O) groups is 8. The minimum atomic E-state index is -1.73. The van der Waals surface area contributed by atoms with Crippen LogP contribution in [0.15, 0.2) is 110 Å². The van der Waals surface area contributed by atoms with Crippen molar-refractivity contribution in [1.82, 2.24) is 51.8 Å². The van der Waals surface area contributed by atoms with Gasteiger partial charge in [0.2, 0.25) is 41.4 Å². The number of unbranched alkanes of at least 4 members (excludes halogenated alkanes) is 1. The van der Waals surface area contributed by atoms with Gasteiger partial charge in [-0.2, -0.15) is 0 Å². The minimum absolute atomic E-state index is 0.0230. The third-order valence-electron chi connectivity index (χ3n) is 13.9. The second kappa shape index (κ2) is 29.3. The Kier molecular flexibility index (Phi) is 22.1. The molecule has 0 spiro atoms. The number of fused-ring (bicyclic) bond motifs is 2. The van der Waals surface area contributed by atoms with Crippen LogP contribution >= 0.6 is 33.2 Å². The van der Waals surface area contributed by atoms with Crippen LogP contribution in [0, 0.1) is 0 Å². The number of amides is 7. The molecule has 0 aliphatic carbocycles. The van der Waals surface area contributed by atoms with Crippen molar-refractivity contribution in [2.45, 2.75) is 106 Å². The van der Waals surface area contributed by atoms with E-state index >= 15 is 4.79 Å². The van der Waals surface area contributed by atoms with E-state index in [2.05, 4.69) is 46.9 Å². The van der Waals surface area contributed by atoms with Crippen LogP contribution < -0.4 is 43.4 Å². The van der Waals surface area contributed by atoms with E-state index < -0.39 is 102 Å². The number of rotatable bonds is 18. The average molecular weight is 1170 g/mol. The van der Waals surface area contributed by atoms with E-state index in [1.54, 1.807) is 60.9 Å². The first-order valence-electron chi connectivity index (χ1n) is 26.3. The van der Waals surface area contributed by atoms with Crippen LogP contribution in [0.2, 0.25) is 5.02 Å². The van der Waals surface area contributed by atoms with Crippen molar-refractivity contribution in [3.05, 3.63) is 137 Å². The smallest absolute Gasteiger partial charge is 0.326 e. The van der Waals surface area contributed by atoms with E-state index in [0.717, 1.165) is 48.3 Å². The molecule has 25 heteroatoms. The van der Waals surface area contributed by atoms with Crippen molar-refractivity contribution in [1.29, 1.82) is 0 Å². The molecule has 1 aliphatic rings. The van der Waals surface area contributed by atoms with E-state index in [0.29, 0.717) is 40.1 Å². The number of hydrogen-bond donors (Lipinski definition) is 12. The zero-order valence-electron chi connectivity index (χ0n) is 44.6. The molecule has 430 valence electrons. The fourth-order valence-corrected chi connectivity index (χ4v) is 11.8. The van der Waals surface area contributed by atoms with E-state index in [9.17, 15) is 43.8 Å². The Morgan fingerprint density at radius 1 is 0.765 bits per heavy atom. The Labute approximate surface area is 480 Å². The number of aromatic nitrogens is 3. The molecule has 9 atom stereocenters. The predicted molar refractivity (Wildman–Crippen MR) is 310 cm³/mol. The van der Waals surface area contributed by atoms with Gasteiger partial charge in [0.1, 0.15) is 42.3 Å². The fraction of sp³-hybridized carbons (Fsp3) is 0.375. The molecule has 7 rings (SSSR count). The summed E-state index contributed by atoms with van der Waals surface area (Å²) in [6.45, 7) is 1.50. The van der Waals surface area contributed by atoms with Crippen molar-refractivity contribution in [2.75, 3.05) is 25.1 Å². The summed E-state index contributed by atoms with van der Waals surface area (Å²) in [7, 11) is 3.35. The summed E-state index contributed by atoms with van der Waals surface area (Å²) >= 11 is 6.10. The highest BCUT2D eigenvalue weighted by molar-refractivity contribution is 8.76. The topological polar surface area (TPSA) is 349 Å². The van der Waals surface area contributed by atoms with Crippen molar-refractivity contribution >= 4 is 102 Å². The van der Waals surface area contributed by atoms with Gasteiger partial charge in [0, 0.05) is 89.4 Å². The number of carboxylic acid groups (broad SMARTS) is 1. The Morgan fingerprint density at radius 3 is 2.07 bits per heavy atom. The number of H-pyrrole nitrogens is 2. The summed E-state index contributed by atoms with van der Waals surface area (Å²) in [5.41, 5.74) is 16.2. The van der Waals surface area contributed by atoms with Crippen LogP contribution in [0.3, 0.4) is 0 Å². The van der Waals surface area contributed by atoms with E-state index in [-0.39, 0.29) is 50.2 Å². The number of aromatic amines is 2. The summed E-state index contributed by atoms with van der Waals surface area (Å²) < 4.78 is 0. The van der Waals surface area contributed by atoms with Gasteiger partial charge in [0.15, 0.2) is 0 Å². The second-order valence-electron chi connectivity index (χ2n) is 19.8. The summed E-state index contributed by atoms with van der Waals surface area (Å²) in [6, 6.07) is 13.1. The molecule has 0 radical (unpaired) electrons. The number of halogens is 1. The number of benzene rings is 3. The number of nitrogens with zero attached hydrogens (tertiary/aromatic N) is 2. The molecule has 14 N–H and O–H groups in total. The van der Waals surface area contributed by atoms with Crippen LogP contribution in [-0.4, -0.2) is 157 Å². The number of hydrogen-bond acceptors (Lipinski definition) is 14. The van der Waals surface area contributed by atoms with Gasteiger partial charge in [-0.25, -0.2) is 4.79 Å². The number of aliphatic hydroxyl groups excluding tert-OH is 1. The third-order valence-corrected chi connectivity index (χ3v) is 16.5. The third kappa shape index (κ3) is 16.8. The highest BCUT2D eigenvalue weighted by Crippen LogP contribution is 2.26. The van der Waals surface area contributed by atoms with Gasteiger partial charge in [0.05, 0.1) is 12.1 Å². The standard InChI is InChI=1S/C56H67ClN12O10S2/c1-31(70)48-54(76)67-46(52(74)65-44(56(78)79)25-35-28-62-41-14-6-4-12-38(35)41)30-81-80-29-45(66-49(71)39(59)22-32-16-18-36(57)19-17-32)51(73)63-42(23-33-10-9-21-60-26-33)50(72)64-43(24-34-27-61-40-13-5-3-11-37(34)40)55(77)69(2)47(53(75)68-48)15-7-8-20-58/h3-6,9-14,16-19,21,26-28,31,39,42-48,61-62,70H,7-8,15,20,22-25,29-30,58-59H2,1-2H3,(H,63,73)(H,64,72)(H,65,74)(H,66,71)(H,67,76)(H,68,75)(H,78,79)/t31-,39+,42+,43-,44-,45-,46+,47+,48+/m1/s1. The van der Waals surface area contributed by atoms with Gasteiger partial charge >= 0.3 is 5.97 Å². The lowest BCUT2D eigenvalue weighted by Crippen LogP contribution is -2.62. The Hall–Kier alpha value is -7.48. The fourth-order valence-electron chi connectivity index (χ4n) is 9.36. The van der Waals surface area contributed by atoms with Crippen LogP contribution in [0.4, 0.5) is 0 Å². The molecular weight excluding hydrogens is 1100 g/mol. The van der Waals surface area contributed by atoms with Crippen molar-refractivity contribution in [2.24, 2.45) is 11.5 Å². The zero-order chi connectivity index (χ0) is 58.2. The molecule has 0 saturated carbocycles. The highest BCUT2D eigenvalue weighted by Gasteiger charge is 2.39. The number of carboxylic acids is 1. The predicted octanol–water partition coefficient (Wildman–Crippen LogP) is 2.02. The van der Waals surface area contributed by atoms with Crippen LogP contribution in [0.5, 0.6) is 0 Å². The van der Waals surface area contributed by atoms with Gasteiger partial charge in [-0.1, -0.05) is 87.8 Å². The van der Waals surface area contributed by atoms with Gasteiger partial charge in [-0.3, -0.25) is 38.5 Å². The first-order chi connectivity index (χ1) is 38.9. The summed E-state index contributed by atoms with van der Waals surface area (Å²) in [5.74, 6) is -7.78. The normalized spacial score (nSPS) is 21.2. The summed E-state index contributed by atoms with van der Waals surface area (Å²) in [5, 5.41) is 39.7. The average Bonchev–Trinajstić information content (AvgIpc) is 4.26. The maximum atomic E-state index is 15.1. The maximum Gasteiger partial charge on any atom is 0.326 e. The molecule has 7 amide bonds. The molecular formula is C56H67ClN12O10S2. The zero-order valence-corrected chi connectivity index (χ0v) is 47.0. The van der Waals surface area contributed by atoms with Crippen molar-refractivity contribution in [3.8, 4) is 0 Å². The Balaban J connectivity index is 1.26. The first kappa shape index (κ1) is 61.1. The largest absolute Gasteiger partial charge is 0.480 e. The number of carbonyl (C=O) groups excluding carboxylic acids is 7. The van der Waals surface area contributed by atoms with E-state index in [1.807, 2.05) is 36.4 Å². The highest BCUT2D eigenvalue weighted by atomic mass is 35.5. The number of aliphatic hydroxyl groups is 1. The number of nitrogens with two attached hydrogens (primary N) is 2. The SMILES string of the molecule is C[C@@H](O)[C@@H]1NC(=O)[C@H](CCCCN)N(C)C(=O)[C@@H](Cc2c[nH]c3ccccc23)NC(=O)[C@H](Cc2cccnc2)NC(=O)[C@H](NC(=O)[C@@H](N)Cc2ccc(Cl)cc2)CSSC[C@@H](C(=O)N[C@H](Cc2c[nH]c3ccccc23)C(=O)O)NC1=O. The molecule has 4 heterocycles. The van der Waals surface area contributed by atoms with Crippen LogP contribution in [0.1, 0.15) is 48.4 Å². The van der Waals surface area contributed by atoms with E-state index in [4.69, 9.17) is 23.1 Å². The van der Waals surface area contributed by atoms with Gasteiger partial charge in [0.25, 0.3) is 0 Å². The number of nitrogens with one attached hydrogen (secondary N) is 8. The number of pyridine rings is 1. The molecule has 0 unspecified atom stereocenters. The Morgan fingerprint density at radius 2 is 1.42 bits per heavy atom. The van der Waals surface area contributed by atoms with Gasteiger partial charge in [-0.15, -0.1) is 0 Å². The van der Waals surface area contributed by atoms with Gasteiger partial charge < -0.3 is 68.4 Å². The minimum Gasteiger partial charge on any atom is -0.480 e. The molecule has 3 aromatic carbocycles. The maximum absolute atomic E-state index is 15.1. The molecule has 1 aliphatic heterocycles. The Bertz CT molecular complexity index is 3170. The monoisotopic (exact) mass is 1170 g/mol. The van der Waals surface area contributed by atoms with Crippen LogP contribution in [0.25, 0.3) is 21.8 Å². The quantitative estimate of drug-likeness (QED) is 0.0433.